The van der Waals surface area contributed by atoms with Gasteiger partial charge in [-0.2, -0.15) is 0 Å². The van der Waals surface area contributed by atoms with Gasteiger partial charge in [0.15, 0.2) is 17.3 Å². The molecule has 0 aliphatic carbocycles. The summed E-state index contributed by atoms with van der Waals surface area (Å²) in [6.45, 7) is 4.62. The van der Waals surface area contributed by atoms with Gasteiger partial charge in [0.1, 0.15) is 5.54 Å². The summed E-state index contributed by atoms with van der Waals surface area (Å²) in [6, 6.07) is 6.51. The van der Waals surface area contributed by atoms with Gasteiger partial charge in [0.2, 0.25) is 0 Å². The number of aromatic nitrogens is 1. The first-order chi connectivity index (χ1) is 12.5. The van der Waals surface area contributed by atoms with Gasteiger partial charge in [0.25, 0.3) is 5.91 Å². The Bertz CT molecular complexity index is 877. The molecule has 8 nitrogen and oxygen atoms in total. The van der Waals surface area contributed by atoms with Gasteiger partial charge in [-0.25, -0.2) is 4.79 Å². The van der Waals surface area contributed by atoms with Crippen LogP contribution in [0.5, 0.6) is 11.5 Å². The average Bonchev–Trinajstić information content (AvgIpc) is 3.00. The maximum absolute atomic E-state index is 13.0. The monoisotopic (exact) mass is 357 g/mol. The van der Waals surface area contributed by atoms with E-state index in [0.717, 1.165) is 11.3 Å². The molecule has 2 aliphatic heterocycles. The topological polar surface area (TPSA) is 93.9 Å². The molecule has 0 saturated carbocycles. The van der Waals surface area contributed by atoms with E-state index in [9.17, 15) is 9.59 Å². The van der Waals surface area contributed by atoms with Crippen LogP contribution in [0, 0.1) is 6.92 Å². The van der Waals surface area contributed by atoms with E-state index in [4.69, 9.17) is 14.0 Å². The summed E-state index contributed by atoms with van der Waals surface area (Å²) in [4.78, 5) is 26.5. The molecule has 3 amide bonds. The number of urea groups is 1. The first-order valence-electron chi connectivity index (χ1n) is 8.44. The molecule has 0 bridgehead atoms. The highest BCUT2D eigenvalue weighted by Crippen LogP contribution is 2.37. The Morgan fingerprint density at radius 1 is 1.19 bits per heavy atom. The molecule has 0 radical (unpaired) electrons. The van der Waals surface area contributed by atoms with Gasteiger partial charge in [-0.15, -0.1) is 0 Å². The maximum Gasteiger partial charge on any atom is 0.325 e. The molecule has 1 fully saturated rings. The number of rotatable bonds is 3. The van der Waals surface area contributed by atoms with Gasteiger partial charge in [-0.05, 0) is 31.5 Å². The number of hydrogen-bond donors (Lipinski definition) is 1. The number of ether oxygens (including phenoxy) is 2. The van der Waals surface area contributed by atoms with Crippen molar-refractivity contribution < 1.29 is 23.6 Å². The SMILES string of the molecule is Cc1cc(CN2C(=O)N[C@@](C)(c3ccc4c(c3)OCCCO4)C2=O)on1. The number of carbonyl (C=O) groups excluding carboxylic acids is 2. The molecule has 26 heavy (non-hydrogen) atoms. The zero-order valence-electron chi connectivity index (χ0n) is 14.6. The first kappa shape index (κ1) is 16.4. The van der Waals surface area contributed by atoms with Crippen LogP contribution in [0.15, 0.2) is 28.8 Å². The van der Waals surface area contributed by atoms with Crippen molar-refractivity contribution in [3.63, 3.8) is 0 Å². The van der Waals surface area contributed by atoms with Crippen molar-refractivity contribution in [3.05, 3.63) is 41.3 Å². The molecule has 8 heteroatoms. The van der Waals surface area contributed by atoms with Crippen LogP contribution in [0.25, 0.3) is 0 Å². The molecule has 1 atom stereocenters. The molecule has 3 heterocycles. The highest BCUT2D eigenvalue weighted by molar-refractivity contribution is 6.07. The third-order valence-corrected chi connectivity index (χ3v) is 4.59. The van der Waals surface area contributed by atoms with E-state index in [1.54, 1.807) is 38.1 Å². The minimum Gasteiger partial charge on any atom is -0.490 e. The number of carbonyl (C=O) groups is 2. The lowest BCUT2D eigenvalue weighted by Gasteiger charge is -2.23. The van der Waals surface area contributed by atoms with Gasteiger partial charge >= 0.3 is 6.03 Å². The highest BCUT2D eigenvalue weighted by atomic mass is 16.5. The largest absolute Gasteiger partial charge is 0.490 e. The zero-order valence-corrected chi connectivity index (χ0v) is 14.6. The van der Waals surface area contributed by atoms with Crippen molar-refractivity contribution in [1.29, 1.82) is 0 Å². The summed E-state index contributed by atoms with van der Waals surface area (Å²) < 4.78 is 16.4. The van der Waals surface area contributed by atoms with Gasteiger partial charge in [-0.1, -0.05) is 11.2 Å². The van der Waals surface area contributed by atoms with Crippen molar-refractivity contribution in [3.8, 4) is 11.5 Å². The smallest absolute Gasteiger partial charge is 0.325 e. The van der Waals surface area contributed by atoms with Crippen molar-refractivity contribution in [2.24, 2.45) is 0 Å². The van der Waals surface area contributed by atoms with Crippen LogP contribution in [0.1, 0.15) is 30.4 Å². The quantitative estimate of drug-likeness (QED) is 0.846. The van der Waals surface area contributed by atoms with Gasteiger partial charge < -0.3 is 19.3 Å². The van der Waals surface area contributed by atoms with E-state index in [1.165, 1.54) is 0 Å². The highest BCUT2D eigenvalue weighted by Gasteiger charge is 2.49. The third-order valence-electron chi connectivity index (χ3n) is 4.59. The minimum atomic E-state index is -1.18. The van der Waals surface area contributed by atoms with E-state index < -0.39 is 11.6 Å². The summed E-state index contributed by atoms with van der Waals surface area (Å²) in [5.41, 5.74) is 0.144. The van der Waals surface area contributed by atoms with Crippen LogP contribution in [0.2, 0.25) is 0 Å². The Morgan fingerprint density at radius 2 is 1.96 bits per heavy atom. The van der Waals surface area contributed by atoms with Gasteiger partial charge in [0.05, 0.1) is 25.5 Å². The van der Waals surface area contributed by atoms with Gasteiger partial charge in [-0.3, -0.25) is 9.69 Å². The predicted octanol–water partition coefficient (Wildman–Crippen LogP) is 2.11. The van der Waals surface area contributed by atoms with Crippen LogP contribution in [0.4, 0.5) is 4.79 Å². The fourth-order valence-electron chi connectivity index (χ4n) is 3.16. The molecule has 1 aromatic heterocycles. The predicted molar refractivity (Wildman–Crippen MR) is 89.7 cm³/mol. The van der Waals surface area contributed by atoms with E-state index in [0.29, 0.717) is 41.7 Å². The summed E-state index contributed by atoms with van der Waals surface area (Å²) in [5, 5.41) is 6.56. The first-order valence-corrected chi connectivity index (χ1v) is 8.44. The van der Waals surface area contributed by atoms with Crippen molar-refractivity contribution >= 4 is 11.9 Å². The van der Waals surface area contributed by atoms with Crippen molar-refractivity contribution in [2.75, 3.05) is 13.2 Å². The summed E-state index contributed by atoms with van der Waals surface area (Å²) in [6.07, 6.45) is 0.793. The molecular weight excluding hydrogens is 338 g/mol. The zero-order chi connectivity index (χ0) is 18.3. The normalized spacial score (nSPS) is 22.3. The second-order valence-electron chi connectivity index (χ2n) is 6.59. The molecule has 136 valence electrons. The molecular formula is C18H19N3O5. The molecule has 0 unspecified atom stereocenters. The van der Waals surface area contributed by atoms with Crippen molar-refractivity contribution in [2.45, 2.75) is 32.4 Å². The molecule has 0 spiro atoms. The van der Waals surface area contributed by atoms with Crippen LogP contribution < -0.4 is 14.8 Å². The number of imide groups is 1. The van der Waals surface area contributed by atoms with Crippen LogP contribution >= 0.6 is 0 Å². The molecule has 4 rings (SSSR count). The van der Waals surface area contributed by atoms with Crippen LogP contribution in [-0.4, -0.2) is 35.2 Å². The molecule has 1 aromatic carbocycles. The number of aryl methyl sites for hydroxylation is 1. The van der Waals surface area contributed by atoms with E-state index in [-0.39, 0.29) is 12.5 Å². The fraction of sp³-hybridized carbons (Fsp3) is 0.389. The number of amides is 3. The molecule has 2 aromatic rings. The third kappa shape index (κ3) is 2.67. The van der Waals surface area contributed by atoms with Crippen LogP contribution in [-0.2, 0) is 16.9 Å². The Kier molecular flexibility index (Phi) is 3.82. The molecule has 2 aliphatic rings. The Balaban J connectivity index is 1.63. The van der Waals surface area contributed by atoms with E-state index in [2.05, 4.69) is 10.5 Å². The van der Waals surface area contributed by atoms with Gasteiger partial charge in [0, 0.05) is 12.5 Å². The van der Waals surface area contributed by atoms with Crippen LogP contribution in [0.3, 0.4) is 0 Å². The summed E-state index contributed by atoms with van der Waals surface area (Å²) >= 11 is 0. The Morgan fingerprint density at radius 3 is 2.69 bits per heavy atom. The standard InChI is InChI=1S/C18H19N3O5/c1-11-8-13(26-20-11)10-21-16(22)18(2,19-17(21)23)12-4-5-14-15(9-12)25-7-3-6-24-14/h4-5,8-9H,3,6-7,10H2,1-2H3,(H,19,23)/t18-/m0/s1. The maximum atomic E-state index is 13.0. The number of nitrogens with zero attached hydrogens (tertiary/aromatic N) is 2. The van der Waals surface area contributed by atoms with Crippen molar-refractivity contribution in [1.82, 2.24) is 15.4 Å². The van der Waals surface area contributed by atoms with E-state index >= 15 is 0 Å². The Hall–Kier alpha value is -3.03. The van der Waals surface area contributed by atoms with E-state index in [1.807, 2.05) is 0 Å². The lowest BCUT2D eigenvalue weighted by Crippen LogP contribution is -2.40. The Labute approximate surface area is 150 Å². The number of nitrogens with one attached hydrogen (secondary N) is 1. The second kappa shape index (κ2) is 6.05. The lowest BCUT2D eigenvalue weighted by molar-refractivity contribution is -0.131. The minimum absolute atomic E-state index is 0.0334. The second-order valence-corrected chi connectivity index (χ2v) is 6.59. The molecule has 1 saturated heterocycles. The fourth-order valence-corrected chi connectivity index (χ4v) is 3.16. The summed E-state index contributed by atoms with van der Waals surface area (Å²) in [5.74, 6) is 1.31. The number of hydrogen-bond acceptors (Lipinski definition) is 6. The average molecular weight is 357 g/mol. The molecule has 1 N–H and O–H groups in total. The lowest BCUT2D eigenvalue weighted by atomic mass is 9.91. The summed E-state index contributed by atoms with van der Waals surface area (Å²) in [7, 11) is 0. The number of benzene rings is 1. The number of fused-ring (bicyclic) bond motifs is 1.